The number of carbonyl (C=O) groups is 1. The van der Waals surface area contributed by atoms with Gasteiger partial charge in [-0.3, -0.25) is 4.79 Å². The standard InChI is InChI=1S/C13H19NO5/c1-2-18-12-7-9(13(14)17)3-4-11(12)19-6-5-10(16)8-15/h3-4,7,10,15-16H,2,5-6,8H2,1H3,(H2,14,17). The summed E-state index contributed by atoms with van der Waals surface area (Å²) < 4.78 is 10.8. The fraction of sp³-hybridized carbons (Fsp3) is 0.462. The molecule has 1 unspecified atom stereocenters. The summed E-state index contributed by atoms with van der Waals surface area (Å²) in [5, 5.41) is 17.9. The molecule has 4 N–H and O–H groups in total. The predicted molar refractivity (Wildman–Crippen MR) is 69.3 cm³/mol. The average Bonchev–Trinajstić information content (AvgIpc) is 2.40. The van der Waals surface area contributed by atoms with Crippen molar-refractivity contribution in [1.82, 2.24) is 0 Å². The lowest BCUT2D eigenvalue weighted by Gasteiger charge is -2.13. The van der Waals surface area contributed by atoms with Crippen molar-refractivity contribution >= 4 is 5.91 Å². The normalized spacial score (nSPS) is 11.9. The van der Waals surface area contributed by atoms with Crippen LogP contribution < -0.4 is 15.2 Å². The summed E-state index contributed by atoms with van der Waals surface area (Å²) in [5.41, 5.74) is 5.53. The topological polar surface area (TPSA) is 102 Å². The molecule has 6 heteroatoms. The molecule has 1 amide bonds. The second-order valence-corrected chi connectivity index (χ2v) is 3.93. The SMILES string of the molecule is CCOc1cc(C(N)=O)ccc1OCCC(O)CO. The van der Waals surface area contributed by atoms with Gasteiger partial charge in [0.1, 0.15) is 0 Å². The summed E-state index contributed by atoms with van der Waals surface area (Å²) in [5.74, 6) is 0.359. The highest BCUT2D eigenvalue weighted by molar-refractivity contribution is 5.93. The molecule has 0 saturated carbocycles. The molecule has 0 aliphatic rings. The zero-order valence-electron chi connectivity index (χ0n) is 10.8. The maximum atomic E-state index is 11.1. The molecular formula is C13H19NO5. The van der Waals surface area contributed by atoms with Crippen LogP contribution in [-0.2, 0) is 0 Å². The number of ether oxygens (including phenoxy) is 2. The predicted octanol–water partition coefficient (Wildman–Crippen LogP) is 0.306. The summed E-state index contributed by atoms with van der Waals surface area (Å²) in [7, 11) is 0. The van der Waals surface area contributed by atoms with Crippen LogP contribution in [0.5, 0.6) is 11.5 Å². The molecule has 1 rings (SSSR count). The van der Waals surface area contributed by atoms with Crippen LogP contribution in [0.15, 0.2) is 18.2 Å². The van der Waals surface area contributed by atoms with E-state index in [2.05, 4.69) is 0 Å². The van der Waals surface area contributed by atoms with Gasteiger partial charge >= 0.3 is 0 Å². The number of primary amides is 1. The molecule has 0 fully saturated rings. The summed E-state index contributed by atoms with van der Waals surface area (Å²) >= 11 is 0. The Kier molecular flexibility index (Phi) is 6.11. The van der Waals surface area contributed by atoms with Crippen LogP contribution in [0.25, 0.3) is 0 Å². The number of nitrogens with two attached hydrogens (primary N) is 1. The van der Waals surface area contributed by atoms with Crippen molar-refractivity contribution in [1.29, 1.82) is 0 Å². The van der Waals surface area contributed by atoms with Gasteiger partial charge in [-0.05, 0) is 25.1 Å². The third-order valence-corrected chi connectivity index (χ3v) is 2.45. The largest absolute Gasteiger partial charge is 0.490 e. The number of aliphatic hydroxyl groups excluding tert-OH is 2. The first-order chi connectivity index (χ1) is 9.08. The molecular weight excluding hydrogens is 250 g/mol. The van der Waals surface area contributed by atoms with E-state index in [0.29, 0.717) is 30.1 Å². The van der Waals surface area contributed by atoms with Gasteiger partial charge in [-0.15, -0.1) is 0 Å². The van der Waals surface area contributed by atoms with E-state index in [-0.39, 0.29) is 13.2 Å². The van der Waals surface area contributed by atoms with Crippen LogP contribution >= 0.6 is 0 Å². The molecule has 0 saturated heterocycles. The van der Waals surface area contributed by atoms with Crippen molar-refractivity contribution in [2.24, 2.45) is 5.73 Å². The number of rotatable bonds is 8. The average molecular weight is 269 g/mol. The zero-order valence-corrected chi connectivity index (χ0v) is 10.8. The summed E-state index contributed by atoms with van der Waals surface area (Å²) in [4.78, 5) is 11.1. The smallest absolute Gasteiger partial charge is 0.248 e. The third-order valence-electron chi connectivity index (χ3n) is 2.45. The van der Waals surface area contributed by atoms with Gasteiger partial charge in [-0.25, -0.2) is 0 Å². The van der Waals surface area contributed by atoms with Crippen LogP contribution in [-0.4, -0.2) is 42.0 Å². The summed E-state index contributed by atoms with van der Waals surface area (Å²) in [6.45, 7) is 2.17. The highest BCUT2D eigenvalue weighted by atomic mass is 16.5. The lowest BCUT2D eigenvalue weighted by atomic mass is 10.2. The van der Waals surface area contributed by atoms with Crippen LogP contribution in [0.4, 0.5) is 0 Å². The number of carbonyl (C=O) groups excluding carboxylic acids is 1. The summed E-state index contributed by atoms with van der Waals surface area (Å²) in [6.07, 6.45) is -0.500. The maximum absolute atomic E-state index is 11.1. The molecule has 0 radical (unpaired) electrons. The Morgan fingerprint density at radius 3 is 2.68 bits per heavy atom. The summed E-state index contributed by atoms with van der Waals surface area (Å²) in [6, 6.07) is 4.66. The van der Waals surface area contributed by atoms with E-state index in [1.807, 2.05) is 6.92 Å². The molecule has 0 spiro atoms. The monoisotopic (exact) mass is 269 g/mol. The fourth-order valence-electron chi connectivity index (χ4n) is 1.45. The van der Waals surface area contributed by atoms with Crippen molar-refractivity contribution in [3.63, 3.8) is 0 Å². The number of hydrogen-bond donors (Lipinski definition) is 3. The minimum atomic E-state index is -0.805. The van der Waals surface area contributed by atoms with E-state index in [1.54, 1.807) is 12.1 Å². The van der Waals surface area contributed by atoms with Crippen LogP contribution in [0.2, 0.25) is 0 Å². The van der Waals surface area contributed by atoms with Gasteiger partial charge in [-0.1, -0.05) is 0 Å². The van der Waals surface area contributed by atoms with Gasteiger partial charge in [0.05, 0.1) is 25.9 Å². The van der Waals surface area contributed by atoms with Crippen molar-refractivity contribution < 1.29 is 24.5 Å². The van der Waals surface area contributed by atoms with E-state index >= 15 is 0 Å². The number of hydrogen-bond acceptors (Lipinski definition) is 5. The first-order valence-corrected chi connectivity index (χ1v) is 6.06. The molecule has 0 aromatic heterocycles. The molecule has 19 heavy (non-hydrogen) atoms. The van der Waals surface area contributed by atoms with Crippen molar-refractivity contribution in [2.75, 3.05) is 19.8 Å². The molecule has 0 aliphatic heterocycles. The van der Waals surface area contributed by atoms with Crippen molar-refractivity contribution in [3.05, 3.63) is 23.8 Å². The Morgan fingerprint density at radius 2 is 2.11 bits per heavy atom. The van der Waals surface area contributed by atoms with E-state index in [9.17, 15) is 9.90 Å². The Bertz CT molecular complexity index is 421. The number of amides is 1. The van der Waals surface area contributed by atoms with Gasteiger partial charge in [0.25, 0.3) is 0 Å². The number of aliphatic hydroxyl groups is 2. The molecule has 1 atom stereocenters. The fourth-order valence-corrected chi connectivity index (χ4v) is 1.45. The van der Waals surface area contributed by atoms with Gasteiger partial charge < -0.3 is 25.4 Å². The highest BCUT2D eigenvalue weighted by Crippen LogP contribution is 2.28. The van der Waals surface area contributed by atoms with Crippen LogP contribution in [0, 0.1) is 0 Å². The van der Waals surface area contributed by atoms with Gasteiger partial charge in [0, 0.05) is 12.0 Å². The molecule has 0 heterocycles. The molecule has 0 aliphatic carbocycles. The maximum Gasteiger partial charge on any atom is 0.248 e. The number of benzene rings is 1. The quantitative estimate of drug-likeness (QED) is 0.630. The third kappa shape index (κ3) is 4.76. The molecule has 1 aromatic rings. The van der Waals surface area contributed by atoms with Crippen molar-refractivity contribution in [2.45, 2.75) is 19.4 Å². The minimum Gasteiger partial charge on any atom is -0.490 e. The van der Waals surface area contributed by atoms with Gasteiger partial charge in [-0.2, -0.15) is 0 Å². The molecule has 0 bridgehead atoms. The van der Waals surface area contributed by atoms with Gasteiger partial charge in [0.2, 0.25) is 5.91 Å². The lowest BCUT2D eigenvalue weighted by molar-refractivity contribution is 0.0749. The lowest BCUT2D eigenvalue weighted by Crippen LogP contribution is -2.16. The first kappa shape index (κ1) is 15.3. The van der Waals surface area contributed by atoms with Crippen LogP contribution in [0.1, 0.15) is 23.7 Å². The second kappa shape index (κ2) is 7.60. The van der Waals surface area contributed by atoms with E-state index in [1.165, 1.54) is 6.07 Å². The Balaban J connectivity index is 2.73. The first-order valence-electron chi connectivity index (χ1n) is 6.06. The minimum absolute atomic E-state index is 0.234. The molecule has 6 nitrogen and oxygen atoms in total. The zero-order chi connectivity index (χ0) is 14.3. The van der Waals surface area contributed by atoms with E-state index < -0.39 is 12.0 Å². The Hall–Kier alpha value is -1.79. The van der Waals surface area contributed by atoms with E-state index in [0.717, 1.165) is 0 Å². The molecule has 106 valence electrons. The Morgan fingerprint density at radius 1 is 1.37 bits per heavy atom. The highest BCUT2D eigenvalue weighted by Gasteiger charge is 2.10. The van der Waals surface area contributed by atoms with Crippen molar-refractivity contribution in [3.8, 4) is 11.5 Å². The van der Waals surface area contributed by atoms with Crippen LogP contribution in [0.3, 0.4) is 0 Å². The molecule has 1 aromatic carbocycles. The Labute approximate surface area is 111 Å². The second-order valence-electron chi connectivity index (χ2n) is 3.93. The van der Waals surface area contributed by atoms with E-state index in [4.69, 9.17) is 20.3 Å². The van der Waals surface area contributed by atoms with Gasteiger partial charge in [0.15, 0.2) is 11.5 Å².